The van der Waals surface area contributed by atoms with Crippen LogP contribution in [-0.2, 0) is 6.54 Å². The van der Waals surface area contributed by atoms with Crippen molar-refractivity contribution in [2.24, 2.45) is 0 Å². The third-order valence-electron chi connectivity index (χ3n) is 4.67. The minimum Gasteiger partial charge on any atom is -0.354 e. The Morgan fingerprint density at radius 1 is 1.08 bits per heavy atom. The molecule has 0 radical (unpaired) electrons. The number of piperazine rings is 1. The Morgan fingerprint density at radius 3 is 2.44 bits per heavy atom. The number of hydrogen-bond donors (Lipinski definition) is 0. The van der Waals surface area contributed by atoms with Gasteiger partial charge in [-0.15, -0.1) is 0 Å². The second-order valence-corrected chi connectivity index (χ2v) is 6.82. The number of nitrogens with zero attached hydrogens (tertiary/aromatic N) is 4. The molecule has 2 aromatic rings. The molecule has 1 aromatic carbocycles. The minimum absolute atomic E-state index is 0.0449. The van der Waals surface area contributed by atoms with Crippen molar-refractivity contribution >= 4 is 11.7 Å². The first-order valence-corrected chi connectivity index (χ1v) is 8.74. The maximum absolute atomic E-state index is 12.7. The van der Waals surface area contributed by atoms with Crippen molar-refractivity contribution in [3.8, 4) is 0 Å². The molecule has 5 nitrogen and oxygen atoms in total. The standard InChI is InChI=1S/C20H26N4O/c1-16-7-9-17(10-8-16)15-23(3)20(25)18-5-4-6-19(21-18)24-13-11-22(2)12-14-24/h4-10H,11-15H2,1-3H3. The first kappa shape index (κ1) is 17.4. The molecule has 0 spiro atoms. The van der Waals surface area contributed by atoms with Gasteiger partial charge in [0.15, 0.2) is 0 Å². The summed E-state index contributed by atoms with van der Waals surface area (Å²) < 4.78 is 0. The largest absolute Gasteiger partial charge is 0.354 e. The van der Waals surface area contributed by atoms with Crippen LogP contribution < -0.4 is 4.90 Å². The van der Waals surface area contributed by atoms with Crippen molar-refractivity contribution in [3.63, 3.8) is 0 Å². The number of aryl methyl sites for hydroxylation is 1. The van der Waals surface area contributed by atoms with Gasteiger partial charge in [-0.3, -0.25) is 4.79 Å². The summed E-state index contributed by atoms with van der Waals surface area (Å²) in [4.78, 5) is 23.6. The number of aromatic nitrogens is 1. The first-order chi connectivity index (χ1) is 12.0. The molecule has 1 aliphatic heterocycles. The molecular formula is C20H26N4O. The quantitative estimate of drug-likeness (QED) is 0.858. The van der Waals surface area contributed by atoms with Gasteiger partial charge in [-0.2, -0.15) is 0 Å². The molecule has 0 aliphatic carbocycles. The lowest BCUT2D eigenvalue weighted by molar-refractivity contribution is 0.0779. The van der Waals surface area contributed by atoms with E-state index in [1.807, 2.05) is 19.2 Å². The van der Waals surface area contributed by atoms with Gasteiger partial charge in [0, 0.05) is 39.8 Å². The Morgan fingerprint density at radius 2 is 1.76 bits per heavy atom. The molecule has 0 atom stereocenters. The zero-order chi connectivity index (χ0) is 17.8. The van der Waals surface area contributed by atoms with Crippen molar-refractivity contribution in [1.29, 1.82) is 0 Å². The van der Waals surface area contributed by atoms with E-state index < -0.39 is 0 Å². The summed E-state index contributed by atoms with van der Waals surface area (Å²) in [5.41, 5.74) is 2.85. The zero-order valence-electron chi connectivity index (χ0n) is 15.3. The van der Waals surface area contributed by atoms with Gasteiger partial charge < -0.3 is 14.7 Å². The highest BCUT2D eigenvalue weighted by Gasteiger charge is 2.18. The normalized spacial score (nSPS) is 15.2. The third-order valence-corrected chi connectivity index (χ3v) is 4.67. The van der Waals surface area contributed by atoms with Crippen molar-refractivity contribution < 1.29 is 4.79 Å². The van der Waals surface area contributed by atoms with Gasteiger partial charge >= 0.3 is 0 Å². The minimum atomic E-state index is -0.0449. The van der Waals surface area contributed by atoms with Gasteiger partial charge in [0.1, 0.15) is 11.5 Å². The Balaban J connectivity index is 1.69. The fourth-order valence-electron chi connectivity index (χ4n) is 2.99. The number of carbonyl (C=O) groups is 1. The summed E-state index contributed by atoms with van der Waals surface area (Å²) in [5.74, 6) is 0.847. The lowest BCUT2D eigenvalue weighted by atomic mass is 10.1. The molecule has 1 amide bonds. The van der Waals surface area contributed by atoms with Crippen molar-refractivity contribution in [2.75, 3.05) is 45.2 Å². The van der Waals surface area contributed by atoms with Gasteiger partial charge in [0.2, 0.25) is 0 Å². The molecule has 0 N–H and O–H groups in total. The van der Waals surface area contributed by atoms with Gasteiger partial charge in [-0.1, -0.05) is 35.9 Å². The molecule has 0 unspecified atom stereocenters. The molecule has 25 heavy (non-hydrogen) atoms. The molecule has 2 heterocycles. The van der Waals surface area contributed by atoms with E-state index in [-0.39, 0.29) is 5.91 Å². The van der Waals surface area contributed by atoms with Crippen LogP contribution in [0.4, 0.5) is 5.82 Å². The number of rotatable bonds is 4. The number of pyridine rings is 1. The second kappa shape index (κ2) is 7.66. The summed E-state index contributed by atoms with van der Waals surface area (Å²) in [5, 5.41) is 0. The predicted molar refractivity (Wildman–Crippen MR) is 101 cm³/mol. The molecule has 0 saturated carbocycles. The number of anilines is 1. The second-order valence-electron chi connectivity index (χ2n) is 6.82. The van der Waals surface area contributed by atoms with Crippen molar-refractivity contribution in [3.05, 3.63) is 59.3 Å². The van der Waals surface area contributed by atoms with Crippen LogP contribution >= 0.6 is 0 Å². The maximum atomic E-state index is 12.7. The summed E-state index contributed by atoms with van der Waals surface area (Å²) in [6.07, 6.45) is 0. The SMILES string of the molecule is Cc1ccc(CN(C)C(=O)c2cccc(N3CCN(C)CC3)n2)cc1. The topological polar surface area (TPSA) is 39.7 Å². The van der Waals surface area contributed by atoms with Gasteiger partial charge in [0.25, 0.3) is 5.91 Å². The Kier molecular flexibility index (Phi) is 5.34. The smallest absolute Gasteiger partial charge is 0.272 e. The highest BCUT2D eigenvalue weighted by Crippen LogP contribution is 2.15. The molecular weight excluding hydrogens is 312 g/mol. The van der Waals surface area contributed by atoms with E-state index in [2.05, 4.69) is 53.0 Å². The van der Waals surface area contributed by atoms with Crippen LogP contribution in [-0.4, -0.2) is 61.0 Å². The summed E-state index contributed by atoms with van der Waals surface area (Å²) in [7, 11) is 3.96. The highest BCUT2D eigenvalue weighted by molar-refractivity contribution is 5.92. The van der Waals surface area contributed by atoms with Gasteiger partial charge in [-0.05, 0) is 31.7 Å². The number of benzene rings is 1. The van der Waals surface area contributed by atoms with E-state index in [1.165, 1.54) is 5.56 Å². The molecule has 1 aliphatic rings. The average Bonchev–Trinajstić information content (AvgIpc) is 2.63. The van der Waals surface area contributed by atoms with E-state index >= 15 is 0 Å². The lowest BCUT2D eigenvalue weighted by Gasteiger charge is -2.33. The third kappa shape index (κ3) is 4.37. The fourth-order valence-corrected chi connectivity index (χ4v) is 2.99. The first-order valence-electron chi connectivity index (χ1n) is 8.74. The van der Waals surface area contributed by atoms with Crippen LogP contribution in [0.3, 0.4) is 0 Å². The molecule has 1 aromatic heterocycles. The average molecular weight is 338 g/mol. The van der Waals surface area contributed by atoms with E-state index in [0.29, 0.717) is 12.2 Å². The molecule has 3 rings (SSSR count). The van der Waals surface area contributed by atoms with Crippen LogP contribution in [0.1, 0.15) is 21.6 Å². The van der Waals surface area contributed by atoms with E-state index in [4.69, 9.17) is 0 Å². The van der Waals surface area contributed by atoms with Crippen LogP contribution in [0, 0.1) is 6.92 Å². The van der Waals surface area contributed by atoms with E-state index in [9.17, 15) is 4.79 Å². The van der Waals surface area contributed by atoms with Crippen LogP contribution in [0.25, 0.3) is 0 Å². The van der Waals surface area contributed by atoms with Crippen molar-refractivity contribution in [2.45, 2.75) is 13.5 Å². The molecule has 132 valence electrons. The lowest BCUT2D eigenvalue weighted by Crippen LogP contribution is -2.45. The summed E-state index contributed by atoms with van der Waals surface area (Å²) >= 11 is 0. The van der Waals surface area contributed by atoms with E-state index in [0.717, 1.165) is 37.6 Å². The van der Waals surface area contributed by atoms with Gasteiger partial charge in [-0.25, -0.2) is 4.98 Å². The van der Waals surface area contributed by atoms with Crippen LogP contribution in [0.2, 0.25) is 0 Å². The highest BCUT2D eigenvalue weighted by atomic mass is 16.2. The predicted octanol–water partition coefficient (Wildman–Crippen LogP) is 2.41. The molecule has 0 bridgehead atoms. The number of likely N-dealkylation sites (N-methyl/N-ethyl adjacent to an activating group) is 1. The number of amides is 1. The monoisotopic (exact) mass is 338 g/mol. The van der Waals surface area contributed by atoms with Crippen molar-refractivity contribution in [1.82, 2.24) is 14.8 Å². The number of carbonyl (C=O) groups excluding carboxylic acids is 1. The fraction of sp³-hybridized carbons (Fsp3) is 0.400. The maximum Gasteiger partial charge on any atom is 0.272 e. The Bertz CT molecular complexity index is 721. The molecule has 1 saturated heterocycles. The van der Waals surface area contributed by atoms with E-state index in [1.54, 1.807) is 11.0 Å². The molecule has 5 heteroatoms. The number of hydrogen-bond acceptors (Lipinski definition) is 4. The van der Waals surface area contributed by atoms with Gasteiger partial charge in [0.05, 0.1) is 0 Å². The Labute approximate surface area is 149 Å². The summed E-state index contributed by atoms with van der Waals surface area (Å²) in [6.45, 7) is 6.58. The summed E-state index contributed by atoms with van der Waals surface area (Å²) in [6, 6.07) is 14.0. The molecule has 1 fully saturated rings. The van der Waals surface area contributed by atoms with Crippen LogP contribution in [0.15, 0.2) is 42.5 Å². The zero-order valence-corrected chi connectivity index (χ0v) is 15.3. The van der Waals surface area contributed by atoms with Crippen LogP contribution in [0.5, 0.6) is 0 Å². The Hall–Kier alpha value is -2.40.